The lowest BCUT2D eigenvalue weighted by molar-refractivity contribution is 0.256. The third-order valence-corrected chi connectivity index (χ3v) is 5.99. The van der Waals surface area contributed by atoms with Gasteiger partial charge in [0.15, 0.2) is 0 Å². The normalized spacial score (nSPS) is 20.1. The van der Waals surface area contributed by atoms with Gasteiger partial charge in [-0.25, -0.2) is 0 Å². The Hall–Kier alpha value is -0.950. The zero-order valence-electron chi connectivity index (χ0n) is 12.8. The van der Waals surface area contributed by atoms with E-state index in [-0.39, 0.29) is 6.04 Å². The van der Waals surface area contributed by atoms with E-state index < -0.39 is 10.2 Å². The molecule has 118 valence electrons. The number of nitrogens with zero attached hydrogens (tertiary/aromatic N) is 2. The molecule has 1 atom stereocenters. The molecule has 1 N–H and O–H groups in total. The predicted molar refractivity (Wildman–Crippen MR) is 85.1 cm³/mol. The van der Waals surface area contributed by atoms with Crippen LogP contribution >= 0.6 is 0 Å². The first-order chi connectivity index (χ1) is 10.1. The van der Waals surface area contributed by atoms with Crippen LogP contribution in [-0.2, 0) is 16.8 Å². The molecule has 0 aliphatic carbocycles. The quantitative estimate of drug-likeness (QED) is 0.865. The van der Waals surface area contributed by atoms with E-state index in [1.54, 1.807) is 11.4 Å². The molecular formula is C15H25N3O2S. The van der Waals surface area contributed by atoms with E-state index in [9.17, 15) is 8.42 Å². The number of hydrogen-bond donors (Lipinski definition) is 1. The summed E-state index contributed by atoms with van der Waals surface area (Å²) < 4.78 is 28.7. The summed E-state index contributed by atoms with van der Waals surface area (Å²) in [4.78, 5) is 0. The molecule has 0 saturated carbocycles. The SMILES string of the molecule is CCN(C1CCCNC1)S(=O)(=O)N(C)Cc1ccccc1. The lowest BCUT2D eigenvalue weighted by Crippen LogP contribution is -2.52. The number of likely N-dealkylation sites (N-methyl/N-ethyl adjacent to an activating group) is 1. The third kappa shape index (κ3) is 4.03. The zero-order valence-corrected chi connectivity index (χ0v) is 13.6. The zero-order chi connectivity index (χ0) is 15.3. The van der Waals surface area contributed by atoms with Crippen LogP contribution < -0.4 is 5.32 Å². The molecule has 1 aliphatic heterocycles. The molecule has 6 heteroatoms. The van der Waals surface area contributed by atoms with Gasteiger partial charge >= 0.3 is 0 Å². The van der Waals surface area contributed by atoms with Gasteiger partial charge in [-0.3, -0.25) is 0 Å². The van der Waals surface area contributed by atoms with E-state index in [1.165, 1.54) is 4.31 Å². The maximum Gasteiger partial charge on any atom is 0.282 e. The van der Waals surface area contributed by atoms with Crippen molar-refractivity contribution in [1.82, 2.24) is 13.9 Å². The first-order valence-corrected chi connectivity index (χ1v) is 8.93. The Morgan fingerprint density at radius 3 is 2.57 bits per heavy atom. The van der Waals surface area contributed by atoms with Gasteiger partial charge in [0.2, 0.25) is 0 Å². The van der Waals surface area contributed by atoms with Crippen LogP contribution in [0.1, 0.15) is 25.3 Å². The number of hydrogen-bond acceptors (Lipinski definition) is 3. The molecule has 0 amide bonds. The summed E-state index contributed by atoms with van der Waals surface area (Å²) in [6.45, 7) is 4.54. The Labute approximate surface area is 128 Å². The fraction of sp³-hybridized carbons (Fsp3) is 0.600. The summed E-state index contributed by atoms with van der Waals surface area (Å²) in [5.41, 5.74) is 1.00. The Kier molecular flexibility index (Phi) is 5.75. The average molecular weight is 311 g/mol. The van der Waals surface area contributed by atoms with Crippen LogP contribution in [0.3, 0.4) is 0 Å². The fourth-order valence-electron chi connectivity index (χ4n) is 2.79. The summed E-state index contributed by atoms with van der Waals surface area (Å²) in [6, 6.07) is 9.75. The van der Waals surface area contributed by atoms with Crippen molar-refractivity contribution in [3.8, 4) is 0 Å². The smallest absolute Gasteiger partial charge is 0.282 e. The van der Waals surface area contributed by atoms with Gasteiger partial charge < -0.3 is 5.32 Å². The first-order valence-electron chi connectivity index (χ1n) is 7.53. The van der Waals surface area contributed by atoms with Crippen LogP contribution in [-0.4, -0.2) is 49.8 Å². The summed E-state index contributed by atoms with van der Waals surface area (Å²) >= 11 is 0. The molecule has 0 bridgehead atoms. The van der Waals surface area contributed by atoms with Gasteiger partial charge in [-0.2, -0.15) is 17.0 Å². The van der Waals surface area contributed by atoms with Gasteiger partial charge in [0.25, 0.3) is 10.2 Å². The summed E-state index contributed by atoms with van der Waals surface area (Å²) in [6.07, 6.45) is 1.96. The molecule has 1 aromatic carbocycles. The van der Waals surface area contributed by atoms with Crippen molar-refractivity contribution in [1.29, 1.82) is 0 Å². The molecule has 1 saturated heterocycles. The standard InChI is InChI=1S/C15H25N3O2S/c1-3-18(15-10-7-11-16-12-15)21(19,20)17(2)13-14-8-5-4-6-9-14/h4-6,8-9,15-16H,3,7,10-13H2,1-2H3. The van der Waals surface area contributed by atoms with E-state index in [4.69, 9.17) is 0 Å². The fourth-order valence-corrected chi connectivity index (χ4v) is 4.34. The molecule has 5 nitrogen and oxygen atoms in total. The van der Waals surface area contributed by atoms with Gasteiger partial charge in [-0.05, 0) is 24.9 Å². The van der Waals surface area contributed by atoms with E-state index in [1.807, 2.05) is 37.3 Å². The topological polar surface area (TPSA) is 52.7 Å². The number of rotatable bonds is 6. The van der Waals surface area contributed by atoms with Gasteiger partial charge in [0.1, 0.15) is 0 Å². The van der Waals surface area contributed by atoms with Crippen LogP contribution in [0.5, 0.6) is 0 Å². The van der Waals surface area contributed by atoms with Gasteiger partial charge in [0.05, 0.1) is 0 Å². The highest BCUT2D eigenvalue weighted by Gasteiger charge is 2.32. The minimum atomic E-state index is -3.42. The Morgan fingerprint density at radius 2 is 2.00 bits per heavy atom. The second-order valence-electron chi connectivity index (χ2n) is 5.45. The first kappa shape index (κ1) is 16.4. The second kappa shape index (κ2) is 7.35. The van der Waals surface area contributed by atoms with E-state index in [2.05, 4.69) is 5.32 Å². The van der Waals surface area contributed by atoms with Gasteiger partial charge in [0, 0.05) is 32.7 Å². The van der Waals surface area contributed by atoms with Crippen LogP contribution in [0.15, 0.2) is 30.3 Å². The summed E-state index contributed by atoms with van der Waals surface area (Å²) in [7, 11) is -1.77. The maximum absolute atomic E-state index is 12.8. The van der Waals surface area contributed by atoms with Crippen molar-refractivity contribution in [2.24, 2.45) is 0 Å². The molecule has 21 heavy (non-hydrogen) atoms. The minimum absolute atomic E-state index is 0.0620. The molecule has 0 aromatic heterocycles. The van der Waals surface area contributed by atoms with Crippen LogP contribution in [0.25, 0.3) is 0 Å². The van der Waals surface area contributed by atoms with Crippen molar-refractivity contribution in [3.05, 3.63) is 35.9 Å². The third-order valence-electron chi connectivity index (χ3n) is 3.93. The second-order valence-corrected chi connectivity index (χ2v) is 7.44. The molecular weight excluding hydrogens is 286 g/mol. The highest BCUT2D eigenvalue weighted by Crippen LogP contribution is 2.18. The van der Waals surface area contributed by atoms with Crippen molar-refractivity contribution >= 4 is 10.2 Å². The molecule has 0 radical (unpaired) electrons. The molecule has 1 unspecified atom stereocenters. The molecule has 1 heterocycles. The van der Waals surface area contributed by atoms with Crippen molar-refractivity contribution in [3.63, 3.8) is 0 Å². The van der Waals surface area contributed by atoms with Crippen molar-refractivity contribution in [2.45, 2.75) is 32.4 Å². The van der Waals surface area contributed by atoms with E-state index in [0.717, 1.165) is 31.5 Å². The highest BCUT2D eigenvalue weighted by atomic mass is 32.2. The van der Waals surface area contributed by atoms with Crippen molar-refractivity contribution < 1.29 is 8.42 Å². The maximum atomic E-state index is 12.8. The number of nitrogens with one attached hydrogen (secondary N) is 1. The van der Waals surface area contributed by atoms with E-state index >= 15 is 0 Å². The number of benzene rings is 1. The molecule has 1 aliphatic rings. The Bertz CT molecular complexity index is 527. The molecule has 1 aromatic rings. The molecule has 2 rings (SSSR count). The molecule has 1 fully saturated rings. The van der Waals surface area contributed by atoms with Crippen molar-refractivity contribution in [2.75, 3.05) is 26.7 Å². The predicted octanol–water partition coefficient (Wildman–Crippen LogP) is 1.44. The lowest BCUT2D eigenvalue weighted by Gasteiger charge is -2.35. The van der Waals surface area contributed by atoms with Gasteiger partial charge in [-0.1, -0.05) is 37.3 Å². The van der Waals surface area contributed by atoms with Crippen LogP contribution in [0.4, 0.5) is 0 Å². The Balaban J connectivity index is 2.10. The largest absolute Gasteiger partial charge is 0.315 e. The molecule has 0 spiro atoms. The van der Waals surface area contributed by atoms with E-state index in [0.29, 0.717) is 13.1 Å². The lowest BCUT2D eigenvalue weighted by atomic mass is 10.1. The average Bonchev–Trinajstić information content (AvgIpc) is 2.50. The van der Waals surface area contributed by atoms with Crippen LogP contribution in [0.2, 0.25) is 0 Å². The number of piperidine rings is 1. The summed E-state index contributed by atoms with van der Waals surface area (Å²) in [5.74, 6) is 0. The highest BCUT2D eigenvalue weighted by molar-refractivity contribution is 7.86. The van der Waals surface area contributed by atoms with Crippen LogP contribution in [0, 0.1) is 0 Å². The Morgan fingerprint density at radius 1 is 1.29 bits per heavy atom. The monoisotopic (exact) mass is 311 g/mol. The minimum Gasteiger partial charge on any atom is -0.315 e. The summed E-state index contributed by atoms with van der Waals surface area (Å²) in [5, 5.41) is 3.29. The van der Waals surface area contributed by atoms with Gasteiger partial charge in [-0.15, -0.1) is 0 Å².